The zero-order valence-electron chi connectivity index (χ0n) is 14.9. The van der Waals surface area contributed by atoms with E-state index in [1.165, 1.54) is 0 Å². The molecule has 5 nitrogen and oxygen atoms in total. The number of anilines is 1. The minimum absolute atomic E-state index is 0.0667. The first-order chi connectivity index (χ1) is 12.1. The van der Waals surface area contributed by atoms with Crippen molar-refractivity contribution in [2.24, 2.45) is 0 Å². The van der Waals surface area contributed by atoms with Gasteiger partial charge in [0.1, 0.15) is 17.6 Å². The number of amides is 1. The van der Waals surface area contributed by atoms with Gasteiger partial charge in [0.25, 0.3) is 5.91 Å². The van der Waals surface area contributed by atoms with Crippen LogP contribution < -0.4 is 14.4 Å². The van der Waals surface area contributed by atoms with Crippen molar-refractivity contribution in [1.29, 1.82) is 0 Å². The summed E-state index contributed by atoms with van der Waals surface area (Å²) >= 11 is 0. The van der Waals surface area contributed by atoms with Crippen molar-refractivity contribution in [3.63, 3.8) is 0 Å². The van der Waals surface area contributed by atoms with Gasteiger partial charge in [0.15, 0.2) is 0 Å². The fraction of sp³-hybridized carbons (Fsp3) is 0.350. The predicted molar refractivity (Wildman–Crippen MR) is 98.7 cm³/mol. The molecular formula is C20H24N2O3. The Hall–Kier alpha value is -2.69. The van der Waals surface area contributed by atoms with Crippen LogP contribution in [0.15, 0.2) is 48.5 Å². The van der Waals surface area contributed by atoms with E-state index in [1.807, 2.05) is 30.3 Å². The molecule has 0 fully saturated rings. The van der Waals surface area contributed by atoms with Crippen molar-refractivity contribution in [3.05, 3.63) is 54.1 Å². The first kappa shape index (κ1) is 17.1. The number of carbonyl (C=O) groups excluding carboxylic acids is 1. The molecule has 1 amide bonds. The van der Waals surface area contributed by atoms with E-state index in [4.69, 9.17) is 9.47 Å². The Morgan fingerprint density at radius 2 is 1.96 bits per heavy atom. The van der Waals surface area contributed by atoms with Gasteiger partial charge in [0.2, 0.25) is 0 Å². The molecule has 5 heteroatoms. The molecule has 0 bridgehead atoms. The Morgan fingerprint density at radius 1 is 1.24 bits per heavy atom. The van der Waals surface area contributed by atoms with Crippen LogP contribution in [0.25, 0.3) is 0 Å². The van der Waals surface area contributed by atoms with E-state index in [0.717, 1.165) is 24.5 Å². The van der Waals surface area contributed by atoms with Crippen molar-refractivity contribution >= 4 is 11.6 Å². The average molecular weight is 340 g/mol. The number of hydrogen-bond donors (Lipinski definition) is 0. The molecule has 3 rings (SSSR count). The standard InChI is InChI=1S/C20H24N2O3/c1-4-22-14-15(25-19-12-8-6-10-17(19)22)13-21(2)20(23)16-9-5-7-11-18(16)24-3/h5-12,15H,4,13-14H2,1-3H3/t15-/m1/s1. The Labute approximate surface area is 148 Å². The number of ether oxygens (including phenoxy) is 2. The molecule has 0 unspecified atom stereocenters. The van der Waals surface area contributed by atoms with Crippen LogP contribution in [0.5, 0.6) is 11.5 Å². The van der Waals surface area contributed by atoms with Crippen molar-refractivity contribution in [2.75, 3.05) is 38.7 Å². The molecule has 0 N–H and O–H groups in total. The maximum absolute atomic E-state index is 12.8. The van der Waals surface area contributed by atoms with Gasteiger partial charge in [-0.05, 0) is 31.2 Å². The summed E-state index contributed by atoms with van der Waals surface area (Å²) in [5.74, 6) is 1.39. The molecular weight excluding hydrogens is 316 g/mol. The van der Waals surface area contributed by atoms with E-state index >= 15 is 0 Å². The first-order valence-electron chi connectivity index (χ1n) is 8.53. The monoisotopic (exact) mass is 340 g/mol. The van der Waals surface area contributed by atoms with E-state index in [1.54, 1.807) is 31.2 Å². The summed E-state index contributed by atoms with van der Waals surface area (Å²) in [6.07, 6.45) is -0.0708. The highest BCUT2D eigenvalue weighted by Gasteiger charge is 2.27. The molecule has 132 valence electrons. The molecule has 1 heterocycles. The topological polar surface area (TPSA) is 42.0 Å². The first-order valence-corrected chi connectivity index (χ1v) is 8.53. The van der Waals surface area contributed by atoms with Gasteiger partial charge in [0, 0.05) is 13.6 Å². The molecule has 0 spiro atoms. The van der Waals surface area contributed by atoms with Gasteiger partial charge < -0.3 is 19.3 Å². The second-order valence-corrected chi connectivity index (χ2v) is 6.13. The fourth-order valence-electron chi connectivity index (χ4n) is 3.19. The number of likely N-dealkylation sites (N-methyl/N-ethyl adjacent to an activating group) is 2. The molecule has 2 aromatic rings. The molecule has 0 aromatic heterocycles. The Kier molecular flexibility index (Phi) is 5.12. The highest BCUT2D eigenvalue weighted by atomic mass is 16.5. The van der Waals surface area contributed by atoms with E-state index in [0.29, 0.717) is 17.9 Å². The van der Waals surface area contributed by atoms with Crippen LogP contribution in [0.4, 0.5) is 5.69 Å². The lowest BCUT2D eigenvalue weighted by Gasteiger charge is -2.37. The Bertz CT molecular complexity index is 747. The van der Waals surface area contributed by atoms with Crippen LogP contribution in [0.1, 0.15) is 17.3 Å². The highest BCUT2D eigenvalue weighted by Crippen LogP contribution is 2.33. The van der Waals surface area contributed by atoms with Gasteiger partial charge in [-0.3, -0.25) is 4.79 Å². The van der Waals surface area contributed by atoms with Gasteiger partial charge in [-0.25, -0.2) is 0 Å². The third kappa shape index (κ3) is 3.55. The predicted octanol–water partition coefficient (Wildman–Crippen LogP) is 3.05. The zero-order chi connectivity index (χ0) is 17.8. The van der Waals surface area contributed by atoms with Gasteiger partial charge in [-0.2, -0.15) is 0 Å². The molecule has 1 aliphatic heterocycles. The number of fused-ring (bicyclic) bond motifs is 1. The second-order valence-electron chi connectivity index (χ2n) is 6.13. The normalized spacial score (nSPS) is 16.0. The van der Waals surface area contributed by atoms with Gasteiger partial charge in [-0.1, -0.05) is 24.3 Å². The lowest BCUT2D eigenvalue weighted by molar-refractivity contribution is 0.0706. The van der Waals surface area contributed by atoms with Crippen LogP contribution in [-0.2, 0) is 0 Å². The number of hydrogen-bond acceptors (Lipinski definition) is 4. The van der Waals surface area contributed by atoms with E-state index in [-0.39, 0.29) is 12.0 Å². The molecule has 0 radical (unpaired) electrons. The molecule has 1 atom stereocenters. The summed E-state index contributed by atoms with van der Waals surface area (Å²) < 4.78 is 11.4. The molecule has 25 heavy (non-hydrogen) atoms. The average Bonchev–Trinajstić information content (AvgIpc) is 2.66. The van der Waals surface area contributed by atoms with Crippen LogP contribution >= 0.6 is 0 Å². The molecule has 0 aliphatic carbocycles. The Balaban J connectivity index is 1.73. The summed E-state index contributed by atoms with van der Waals surface area (Å²) in [5, 5.41) is 0. The summed E-state index contributed by atoms with van der Waals surface area (Å²) in [6, 6.07) is 15.3. The largest absolute Gasteiger partial charge is 0.496 e. The van der Waals surface area contributed by atoms with Crippen molar-refractivity contribution < 1.29 is 14.3 Å². The quantitative estimate of drug-likeness (QED) is 0.839. The van der Waals surface area contributed by atoms with Gasteiger partial charge in [0.05, 0.1) is 31.5 Å². The van der Waals surface area contributed by atoms with Crippen molar-refractivity contribution in [1.82, 2.24) is 4.90 Å². The SMILES string of the molecule is CCN1C[C@@H](CN(C)C(=O)c2ccccc2OC)Oc2ccccc21. The van der Waals surface area contributed by atoms with Crippen molar-refractivity contribution in [2.45, 2.75) is 13.0 Å². The molecule has 0 saturated carbocycles. The van der Waals surface area contributed by atoms with Crippen molar-refractivity contribution in [3.8, 4) is 11.5 Å². The number of methoxy groups -OCH3 is 1. The smallest absolute Gasteiger partial charge is 0.257 e. The number of benzene rings is 2. The molecule has 1 aliphatic rings. The number of nitrogens with zero attached hydrogens (tertiary/aromatic N) is 2. The van der Waals surface area contributed by atoms with E-state index in [2.05, 4.69) is 17.9 Å². The van der Waals surface area contributed by atoms with Gasteiger partial charge in [-0.15, -0.1) is 0 Å². The third-order valence-corrected chi connectivity index (χ3v) is 4.47. The summed E-state index contributed by atoms with van der Waals surface area (Å²) in [6.45, 7) is 4.31. The summed E-state index contributed by atoms with van der Waals surface area (Å²) in [5.41, 5.74) is 1.68. The molecule has 2 aromatic carbocycles. The van der Waals surface area contributed by atoms with E-state index in [9.17, 15) is 4.79 Å². The number of para-hydroxylation sites is 3. The fourth-order valence-corrected chi connectivity index (χ4v) is 3.19. The Morgan fingerprint density at radius 3 is 2.72 bits per heavy atom. The maximum Gasteiger partial charge on any atom is 0.257 e. The van der Waals surface area contributed by atoms with Crippen LogP contribution in [0.3, 0.4) is 0 Å². The van der Waals surface area contributed by atoms with Crippen LogP contribution in [0, 0.1) is 0 Å². The highest BCUT2D eigenvalue weighted by molar-refractivity contribution is 5.96. The number of rotatable bonds is 5. The summed E-state index contributed by atoms with van der Waals surface area (Å²) in [7, 11) is 3.38. The minimum Gasteiger partial charge on any atom is -0.496 e. The van der Waals surface area contributed by atoms with Crippen LogP contribution in [-0.4, -0.2) is 50.7 Å². The maximum atomic E-state index is 12.8. The van der Waals surface area contributed by atoms with Crippen LogP contribution in [0.2, 0.25) is 0 Å². The van der Waals surface area contributed by atoms with Gasteiger partial charge >= 0.3 is 0 Å². The lowest BCUT2D eigenvalue weighted by atomic mass is 10.1. The van der Waals surface area contributed by atoms with E-state index < -0.39 is 0 Å². The second kappa shape index (κ2) is 7.47. The zero-order valence-corrected chi connectivity index (χ0v) is 14.9. The number of carbonyl (C=O) groups is 1. The third-order valence-electron chi connectivity index (χ3n) is 4.47. The molecule has 0 saturated heterocycles. The lowest BCUT2D eigenvalue weighted by Crippen LogP contribution is -2.46. The minimum atomic E-state index is -0.0708. The summed E-state index contributed by atoms with van der Waals surface area (Å²) in [4.78, 5) is 16.8.